The maximum atomic E-state index is 5.32. The molecule has 0 radical (unpaired) electrons. The van der Waals surface area contributed by atoms with E-state index in [1.165, 1.54) is 24.1 Å². The Morgan fingerprint density at radius 2 is 2.24 bits per heavy atom. The monoisotopic (exact) mass is 234 g/mol. The lowest BCUT2D eigenvalue weighted by Crippen LogP contribution is -2.24. The molecule has 17 heavy (non-hydrogen) atoms. The molecule has 94 valence electrons. The van der Waals surface area contributed by atoms with Gasteiger partial charge in [-0.05, 0) is 49.6 Å². The van der Waals surface area contributed by atoms with Crippen molar-refractivity contribution in [3.63, 3.8) is 0 Å². The van der Waals surface area contributed by atoms with E-state index in [2.05, 4.69) is 36.4 Å². The second-order valence-electron chi connectivity index (χ2n) is 4.89. The van der Waals surface area contributed by atoms with Crippen molar-refractivity contribution in [2.24, 2.45) is 0 Å². The second-order valence-corrected chi connectivity index (χ2v) is 4.89. The van der Waals surface area contributed by atoms with Gasteiger partial charge in [-0.25, -0.2) is 0 Å². The number of ether oxygens (including phenoxy) is 1. The lowest BCUT2D eigenvalue weighted by molar-refractivity contribution is 0.414. The smallest absolute Gasteiger partial charge is 0.119 e. The SMILES string of the molecule is COc1ccc(N(C)C)c(CC2CCCN2)c1. The van der Waals surface area contributed by atoms with Crippen molar-refractivity contribution in [3.8, 4) is 5.75 Å². The highest BCUT2D eigenvalue weighted by molar-refractivity contribution is 5.55. The van der Waals surface area contributed by atoms with Gasteiger partial charge in [0.15, 0.2) is 0 Å². The van der Waals surface area contributed by atoms with Crippen molar-refractivity contribution in [1.82, 2.24) is 5.32 Å². The summed E-state index contributed by atoms with van der Waals surface area (Å²) in [7, 11) is 5.91. The lowest BCUT2D eigenvalue weighted by atomic mass is 10.0. The quantitative estimate of drug-likeness (QED) is 0.863. The summed E-state index contributed by atoms with van der Waals surface area (Å²) in [5, 5.41) is 3.55. The first kappa shape index (κ1) is 12.2. The fourth-order valence-electron chi connectivity index (χ4n) is 2.49. The van der Waals surface area contributed by atoms with Gasteiger partial charge in [-0.1, -0.05) is 0 Å². The van der Waals surface area contributed by atoms with Crippen LogP contribution in [0.5, 0.6) is 5.75 Å². The molecule has 1 heterocycles. The van der Waals surface area contributed by atoms with Gasteiger partial charge in [0, 0.05) is 25.8 Å². The normalized spacial score (nSPS) is 19.4. The van der Waals surface area contributed by atoms with Gasteiger partial charge in [-0.3, -0.25) is 0 Å². The minimum Gasteiger partial charge on any atom is -0.497 e. The summed E-state index contributed by atoms with van der Waals surface area (Å²) in [5.74, 6) is 0.948. The molecular formula is C14H22N2O. The summed E-state index contributed by atoms with van der Waals surface area (Å²) in [5.41, 5.74) is 2.66. The maximum Gasteiger partial charge on any atom is 0.119 e. The molecule has 1 atom stereocenters. The van der Waals surface area contributed by atoms with Gasteiger partial charge in [0.25, 0.3) is 0 Å². The fraction of sp³-hybridized carbons (Fsp3) is 0.571. The average Bonchev–Trinajstić information content (AvgIpc) is 2.81. The van der Waals surface area contributed by atoms with E-state index in [4.69, 9.17) is 4.74 Å². The van der Waals surface area contributed by atoms with Crippen molar-refractivity contribution < 1.29 is 4.74 Å². The van der Waals surface area contributed by atoms with Crippen molar-refractivity contribution in [2.45, 2.75) is 25.3 Å². The van der Waals surface area contributed by atoms with E-state index in [9.17, 15) is 0 Å². The Morgan fingerprint density at radius 1 is 1.41 bits per heavy atom. The van der Waals surface area contributed by atoms with Crippen LogP contribution >= 0.6 is 0 Å². The van der Waals surface area contributed by atoms with Gasteiger partial charge in [0.05, 0.1) is 7.11 Å². The Kier molecular flexibility index (Phi) is 3.89. The Balaban J connectivity index is 2.21. The third-order valence-electron chi connectivity index (χ3n) is 3.40. The summed E-state index contributed by atoms with van der Waals surface area (Å²) in [6, 6.07) is 6.96. The fourth-order valence-corrected chi connectivity index (χ4v) is 2.49. The first-order valence-corrected chi connectivity index (χ1v) is 6.28. The molecule has 0 aromatic heterocycles. The minimum absolute atomic E-state index is 0.626. The molecule has 1 aromatic rings. The predicted octanol–water partition coefficient (Wildman–Crippen LogP) is 2.06. The molecule has 3 heteroatoms. The number of nitrogens with one attached hydrogen (secondary N) is 1. The Labute approximate surface area is 104 Å². The van der Waals surface area contributed by atoms with Crippen LogP contribution in [0, 0.1) is 0 Å². The summed E-state index contributed by atoms with van der Waals surface area (Å²) in [4.78, 5) is 2.17. The zero-order valence-electron chi connectivity index (χ0n) is 11.0. The summed E-state index contributed by atoms with van der Waals surface area (Å²) in [6.45, 7) is 1.16. The number of benzene rings is 1. The minimum atomic E-state index is 0.626. The molecule has 1 aromatic carbocycles. The molecule has 1 aliphatic rings. The highest BCUT2D eigenvalue weighted by atomic mass is 16.5. The Morgan fingerprint density at radius 3 is 2.82 bits per heavy atom. The summed E-state index contributed by atoms with van der Waals surface area (Å²) in [6.07, 6.45) is 3.67. The molecule has 1 unspecified atom stereocenters. The average molecular weight is 234 g/mol. The number of nitrogens with zero attached hydrogens (tertiary/aromatic N) is 1. The highest BCUT2D eigenvalue weighted by Crippen LogP contribution is 2.26. The maximum absolute atomic E-state index is 5.32. The number of hydrogen-bond donors (Lipinski definition) is 1. The number of rotatable bonds is 4. The zero-order valence-corrected chi connectivity index (χ0v) is 11.0. The summed E-state index contributed by atoms with van der Waals surface area (Å²) < 4.78 is 5.32. The van der Waals surface area contributed by atoms with E-state index in [1.807, 2.05) is 6.07 Å². The molecule has 2 rings (SSSR count). The van der Waals surface area contributed by atoms with Crippen LogP contribution in [0.1, 0.15) is 18.4 Å². The molecule has 1 saturated heterocycles. The van der Waals surface area contributed by atoms with Crippen LogP contribution in [0.25, 0.3) is 0 Å². The molecular weight excluding hydrogens is 212 g/mol. The lowest BCUT2D eigenvalue weighted by Gasteiger charge is -2.20. The molecule has 1 fully saturated rings. The van der Waals surface area contributed by atoms with Gasteiger partial charge < -0.3 is 15.0 Å². The first-order chi connectivity index (χ1) is 8.20. The molecule has 0 aliphatic carbocycles. The van der Waals surface area contributed by atoms with E-state index in [-0.39, 0.29) is 0 Å². The molecule has 0 bridgehead atoms. The predicted molar refractivity (Wildman–Crippen MR) is 72.0 cm³/mol. The highest BCUT2D eigenvalue weighted by Gasteiger charge is 2.17. The van der Waals surface area contributed by atoms with Crippen LogP contribution in [-0.4, -0.2) is 33.8 Å². The van der Waals surface area contributed by atoms with Gasteiger partial charge in [-0.15, -0.1) is 0 Å². The molecule has 1 N–H and O–H groups in total. The van der Waals surface area contributed by atoms with Crippen LogP contribution < -0.4 is 15.0 Å². The third-order valence-corrected chi connectivity index (χ3v) is 3.40. The third kappa shape index (κ3) is 2.91. The first-order valence-electron chi connectivity index (χ1n) is 6.28. The van der Waals surface area contributed by atoms with Crippen LogP contribution in [0.15, 0.2) is 18.2 Å². The zero-order chi connectivity index (χ0) is 12.3. The molecule has 0 amide bonds. The van der Waals surface area contributed by atoms with Gasteiger partial charge in [-0.2, -0.15) is 0 Å². The van der Waals surface area contributed by atoms with Gasteiger partial charge in [0.1, 0.15) is 5.75 Å². The van der Waals surface area contributed by atoms with Gasteiger partial charge >= 0.3 is 0 Å². The number of anilines is 1. The van der Waals surface area contributed by atoms with Crippen LogP contribution in [0.4, 0.5) is 5.69 Å². The Bertz CT molecular complexity index is 370. The molecule has 0 saturated carbocycles. The van der Waals surface area contributed by atoms with Crippen molar-refractivity contribution >= 4 is 5.69 Å². The summed E-state index contributed by atoms with van der Waals surface area (Å²) >= 11 is 0. The van der Waals surface area contributed by atoms with Crippen LogP contribution in [0.3, 0.4) is 0 Å². The molecule has 0 spiro atoms. The number of methoxy groups -OCH3 is 1. The van der Waals surface area contributed by atoms with E-state index in [1.54, 1.807) is 7.11 Å². The molecule has 3 nitrogen and oxygen atoms in total. The topological polar surface area (TPSA) is 24.5 Å². The largest absolute Gasteiger partial charge is 0.497 e. The van der Waals surface area contributed by atoms with Gasteiger partial charge in [0.2, 0.25) is 0 Å². The number of hydrogen-bond acceptors (Lipinski definition) is 3. The molecule has 1 aliphatic heterocycles. The van der Waals surface area contributed by atoms with E-state index < -0.39 is 0 Å². The van der Waals surface area contributed by atoms with Crippen LogP contribution in [0.2, 0.25) is 0 Å². The van der Waals surface area contributed by atoms with E-state index >= 15 is 0 Å². The van der Waals surface area contributed by atoms with Crippen LogP contribution in [-0.2, 0) is 6.42 Å². The van der Waals surface area contributed by atoms with E-state index in [0.29, 0.717) is 6.04 Å². The standard InChI is InChI=1S/C14H22N2O/c1-16(2)14-7-6-13(17-3)10-11(14)9-12-5-4-8-15-12/h6-7,10,12,15H,4-5,8-9H2,1-3H3. The van der Waals surface area contributed by atoms with Crippen molar-refractivity contribution in [1.29, 1.82) is 0 Å². The second kappa shape index (κ2) is 5.41. The van der Waals surface area contributed by atoms with E-state index in [0.717, 1.165) is 18.7 Å². The van der Waals surface area contributed by atoms with Crippen molar-refractivity contribution in [2.75, 3.05) is 32.6 Å². The van der Waals surface area contributed by atoms with Crippen molar-refractivity contribution in [3.05, 3.63) is 23.8 Å². The Hall–Kier alpha value is -1.22.